The van der Waals surface area contributed by atoms with Gasteiger partial charge in [-0.1, -0.05) is 13.8 Å². The maximum atomic E-state index is 2.25. The summed E-state index contributed by atoms with van der Waals surface area (Å²) in [6.45, 7) is 4.50. The zero-order valence-corrected chi connectivity index (χ0v) is 7.60. The molecule has 0 nitrogen and oxygen atoms in total. The highest BCUT2D eigenvalue weighted by molar-refractivity contribution is 6.34. The van der Waals surface area contributed by atoms with E-state index >= 15 is 0 Å². The summed E-state index contributed by atoms with van der Waals surface area (Å²) in [5.41, 5.74) is 0. The van der Waals surface area contributed by atoms with E-state index < -0.39 is 0 Å². The molecule has 0 fully saturated rings. The van der Waals surface area contributed by atoms with Crippen molar-refractivity contribution in [2.45, 2.75) is 24.4 Å². The van der Waals surface area contributed by atoms with Crippen molar-refractivity contribution in [3.8, 4) is 0 Å². The molecule has 45 valence electrons. The van der Waals surface area contributed by atoms with Crippen LogP contribution in [-0.2, 0) is 0 Å². The summed E-state index contributed by atoms with van der Waals surface area (Å²) in [6.07, 6.45) is 0. The van der Waals surface area contributed by atoms with E-state index in [1.807, 2.05) is 0 Å². The van der Waals surface area contributed by atoms with Crippen LogP contribution in [0.4, 0.5) is 0 Å². The van der Waals surface area contributed by atoms with Gasteiger partial charge in [-0.15, -0.1) is 35.4 Å². The van der Waals surface area contributed by atoms with Crippen LogP contribution in [0.2, 0.25) is 10.6 Å². The molecule has 0 aliphatic rings. The third kappa shape index (κ3) is 19.2. The summed E-state index contributed by atoms with van der Waals surface area (Å²) in [5.74, 6) is 0. The van der Waals surface area contributed by atoms with Crippen molar-refractivity contribution in [2.24, 2.45) is 0 Å². The van der Waals surface area contributed by atoms with E-state index in [4.69, 9.17) is 0 Å². The summed E-state index contributed by atoms with van der Waals surface area (Å²) in [4.78, 5) is 0. The Hall–Kier alpha value is 1.11. The van der Waals surface area contributed by atoms with Crippen LogP contribution in [0, 0.1) is 0 Å². The van der Waals surface area contributed by atoms with Crippen LogP contribution in [0.15, 0.2) is 0 Å². The van der Waals surface area contributed by atoms with E-state index in [-0.39, 0.29) is 24.8 Å². The fourth-order valence-electron chi connectivity index (χ4n) is 0.289. The summed E-state index contributed by atoms with van der Waals surface area (Å²) >= 11 is 0.815. The molecule has 0 spiro atoms. The third-order valence-electron chi connectivity index (χ3n) is 0.577. The lowest BCUT2D eigenvalue weighted by molar-refractivity contribution is 1.36. The van der Waals surface area contributed by atoms with Crippen LogP contribution in [0.3, 0.4) is 0 Å². The molecule has 0 N–H and O–H groups in total. The minimum Gasteiger partial charge on any atom is -0.147 e. The van der Waals surface area contributed by atoms with E-state index in [1.165, 1.54) is 10.6 Å². The average Bonchev–Trinajstić information content (AvgIpc) is 1.41. The van der Waals surface area contributed by atoms with Crippen LogP contribution in [0.25, 0.3) is 0 Å². The van der Waals surface area contributed by atoms with Crippen LogP contribution in [0.1, 0.15) is 13.8 Å². The topological polar surface area (TPSA) is 0 Å². The second kappa shape index (κ2) is 15.7. The summed E-state index contributed by atoms with van der Waals surface area (Å²) in [5, 5.41) is 2.85. The van der Waals surface area contributed by atoms with Gasteiger partial charge in [0.05, 0.1) is 0 Å². The molecule has 0 aliphatic carbocycles. The van der Waals surface area contributed by atoms with Crippen LogP contribution in [0.5, 0.6) is 0 Å². The molecule has 0 aromatic carbocycles. The van der Waals surface area contributed by atoms with Gasteiger partial charge in [0.1, 0.15) is 0 Å². The fourth-order valence-corrected chi connectivity index (χ4v) is 0.866. The quantitative estimate of drug-likeness (QED) is 0.541. The molecular formula is C4H12AlCl2. The summed E-state index contributed by atoms with van der Waals surface area (Å²) in [7, 11) is 0. The first-order valence-corrected chi connectivity index (χ1v) is 3.86. The minimum absolute atomic E-state index is 0. The predicted octanol–water partition coefficient (Wildman–Crippen LogP) is 2.41. The van der Waals surface area contributed by atoms with Gasteiger partial charge in [-0.05, 0) is 0 Å². The van der Waals surface area contributed by atoms with Gasteiger partial charge in [0.25, 0.3) is 0 Å². The summed E-state index contributed by atoms with van der Waals surface area (Å²) < 4.78 is 0. The van der Waals surface area contributed by atoms with Crippen molar-refractivity contribution in [2.75, 3.05) is 0 Å². The molecule has 0 unspecified atom stereocenters. The van der Waals surface area contributed by atoms with Gasteiger partial charge in [0.2, 0.25) is 0 Å². The Morgan fingerprint density at radius 2 is 1.29 bits per heavy atom. The zero-order valence-electron chi connectivity index (χ0n) is 4.81. The monoisotopic (exact) mass is 157 g/mol. The molecule has 3 heteroatoms. The van der Waals surface area contributed by atoms with Crippen LogP contribution < -0.4 is 0 Å². The highest BCUT2D eigenvalue weighted by atomic mass is 35.5. The molecule has 0 aromatic rings. The highest BCUT2D eigenvalue weighted by Gasteiger charge is 1.74. The van der Waals surface area contributed by atoms with Crippen molar-refractivity contribution in [3.63, 3.8) is 0 Å². The smallest absolute Gasteiger partial charge is 0.147 e. The Labute approximate surface area is 64.6 Å². The van der Waals surface area contributed by atoms with E-state index in [0.717, 1.165) is 15.2 Å². The number of hydrogen-bond acceptors (Lipinski definition) is 0. The van der Waals surface area contributed by atoms with Crippen molar-refractivity contribution in [1.82, 2.24) is 0 Å². The first kappa shape index (κ1) is 15.7. The van der Waals surface area contributed by atoms with Crippen molar-refractivity contribution >= 4 is 40.0 Å². The Bertz CT molecular complexity index is 17.2. The molecule has 0 bridgehead atoms. The molecule has 0 amide bonds. The van der Waals surface area contributed by atoms with Crippen LogP contribution in [-0.4, -0.2) is 15.2 Å². The SMILES string of the molecule is C[CH2][Al][CH2]C.Cl.Cl. The van der Waals surface area contributed by atoms with Crippen LogP contribution >= 0.6 is 24.8 Å². The number of halogens is 2. The van der Waals surface area contributed by atoms with E-state index in [2.05, 4.69) is 13.8 Å². The molecule has 0 saturated carbocycles. The van der Waals surface area contributed by atoms with Gasteiger partial charge in [-0.25, -0.2) is 0 Å². The standard InChI is InChI=1S/2C2H5.Al.2ClH/c2*1-2;;;/h2*1H2,2H3;;2*1H. The van der Waals surface area contributed by atoms with E-state index in [0.29, 0.717) is 0 Å². The molecule has 7 heavy (non-hydrogen) atoms. The fraction of sp³-hybridized carbons (Fsp3) is 1.00. The molecule has 0 aliphatic heterocycles. The Morgan fingerprint density at radius 3 is 1.29 bits per heavy atom. The first-order chi connectivity index (χ1) is 2.41. The van der Waals surface area contributed by atoms with Gasteiger partial charge >= 0.3 is 0 Å². The van der Waals surface area contributed by atoms with Gasteiger partial charge in [0.15, 0.2) is 15.2 Å². The van der Waals surface area contributed by atoms with Crippen molar-refractivity contribution in [1.29, 1.82) is 0 Å². The van der Waals surface area contributed by atoms with Gasteiger partial charge in [-0.3, -0.25) is 0 Å². The second-order valence-electron chi connectivity index (χ2n) is 1.11. The lowest BCUT2D eigenvalue weighted by Gasteiger charge is -1.74. The maximum Gasteiger partial charge on any atom is 0.198 e. The minimum atomic E-state index is 0. The van der Waals surface area contributed by atoms with Gasteiger partial charge < -0.3 is 0 Å². The molecular weight excluding hydrogens is 146 g/mol. The third-order valence-corrected chi connectivity index (χ3v) is 1.73. The lowest BCUT2D eigenvalue weighted by atomic mass is 10.9. The molecule has 0 atom stereocenters. The molecule has 0 rings (SSSR count). The molecule has 0 heterocycles. The Balaban J connectivity index is -0.0000000800. The Kier molecular flexibility index (Phi) is 35.2. The van der Waals surface area contributed by atoms with Crippen molar-refractivity contribution < 1.29 is 0 Å². The van der Waals surface area contributed by atoms with E-state index in [9.17, 15) is 0 Å². The zero-order chi connectivity index (χ0) is 4.12. The lowest BCUT2D eigenvalue weighted by Crippen LogP contribution is -1.76. The molecule has 1 radical (unpaired) electrons. The number of rotatable bonds is 2. The molecule has 0 saturated heterocycles. The van der Waals surface area contributed by atoms with Crippen molar-refractivity contribution in [3.05, 3.63) is 0 Å². The largest absolute Gasteiger partial charge is 0.198 e. The first-order valence-electron chi connectivity index (χ1n) is 2.23. The maximum absolute atomic E-state index is 2.25. The van der Waals surface area contributed by atoms with Gasteiger partial charge in [-0.2, -0.15) is 0 Å². The second-order valence-corrected chi connectivity index (χ2v) is 3.32. The average molecular weight is 158 g/mol. The predicted molar refractivity (Wildman–Crippen MR) is 41.2 cm³/mol. The molecule has 0 aromatic heterocycles. The Morgan fingerprint density at radius 1 is 1.00 bits per heavy atom. The van der Waals surface area contributed by atoms with Gasteiger partial charge in [0, 0.05) is 0 Å². The summed E-state index contributed by atoms with van der Waals surface area (Å²) in [6, 6.07) is 0. The van der Waals surface area contributed by atoms with E-state index in [1.54, 1.807) is 0 Å². The number of hydrogen-bond donors (Lipinski definition) is 0. The normalized spacial score (nSPS) is 5.43. The highest BCUT2D eigenvalue weighted by Crippen LogP contribution is 1.77.